The topological polar surface area (TPSA) is 27.7 Å². The van der Waals surface area contributed by atoms with E-state index in [1.807, 2.05) is 41.5 Å². The Morgan fingerprint density at radius 3 is 2.14 bits per heavy atom. The molecule has 0 N–H and O–H groups in total. The monoisotopic (exact) mass is 202 g/mol. The highest BCUT2D eigenvalue weighted by atomic mass is 16.7. The summed E-state index contributed by atoms with van der Waals surface area (Å²) in [6.45, 7) is 12.6. The lowest BCUT2D eigenvalue weighted by Gasteiger charge is -2.48. The largest absolute Gasteiger partial charge is 0.367 e. The second-order valence-corrected chi connectivity index (χ2v) is 5.06. The highest BCUT2D eigenvalue weighted by Crippen LogP contribution is 2.34. The summed E-state index contributed by atoms with van der Waals surface area (Å²) in [7, 11) is 0. The lowest BCUT2D eigenvalue weighted by atomic mass is 9.88. The van der Waals surface area contributed by atoms with E-state index in [1.54, 1.807) is 0 Å². The highest BCUT2D eigenvalue weighted by Gasteiger charge is 2.45. The van der Waals surface area contributed by atoms with Crippen LogP contribution in [0.15, 0.2) is 0 Å². The first-order valence-corrected chi connectivity index (χ1v) is 5.22. The summed E-state index contributed by atoms with van der Waals surface area (Å²) in [4.78, 5) is 0. The predicted octanol–water partition coefficient (Wildman–Crippen LogP) is 2.34. The summed E-state index contributed by atoms with van der Waals surface area (Å²) >= 11 is 0. The quantitative estimate of drug-likeness (QED) is 0.688. The van der Waals surface area contributed by atoms with Gasteiger partial charge in [-0.15, -0.1) is 0 Å². The molecule has 84 valence electrons. The Bertz CT molecular complexity index is 197. The predicted molar refractivity (Wildman–Crippen MR) is 55.2 cm³/mol. The van der Waals surface area contributed by atoms with Gasteiger partial charge in [0.1, 0.15) is 0 Å². The van der Waals surface area contributed by atoms with Crippen LogP contribution in [-0.4, -0.2) is 30.2 Å². The van der Waals surface area contributed by atoms with Gasteiger partial charge in [-0.25, -0.2) is 0 Å². The van der Waals surface area contributed by atoms with Gasteiger partial charge in [-0.05, 0) is 41.5 Å². The molecule has 1 fully saturated rings. The molecule has 3 nitrogen and oxygen atoms in total. The van der Waals surface area contributed by atoms with Gasteiger partial charge in [-0.1, -0.05) is 0 Å². The van der Waals surface area contributed by atoms with Crippen LogP contribution < -0.4 is 0 Å². The van der Waals surface area contributed by atoms with Crippen LogP contribution in [0.3, 0.4) is 0 Å². The third kappa shape index (κ3) is 2.47. The van der Waals surface area contributed by atoms with Crippen molar-refractivity contribution in [2.45, 2.75) is 65.1 Å². The van der Waals surface area contributed by atoms with Crippen LogP contribution in [-0.2, 0) is 14.2 Å². The van der Waals surface area contributed by atoms with E-state index in [1.165, 1.54) is 0 Å². The summed E-state index contributed by atoms with van der Waals surface area (Å²) in [5, 5.41) is 0. The minimum atomic E-state index is -0.315. The second-order valence-electron chi connectivity index (χ2n) is 5.06. The standard InChI is InChI=1S/C11H22O3/c1-8(2)13-9-7-12-10(3,4)11(5,6)14-9/h8-9H,7H2,1-6H3. The lowest BCUT2D eigenvalue weighted by molar-refractivity contribution is -0.330. The van der Waals surface area contributed by atoms with E-state index < -0.39 is 0 Å². The van der Waals surface area contributed by atoms with Gasteiger partial charge in [0.25, 0.3) is 0 Å². The summed E-state index contributed by atoms with van der Waals surface area (Å²) in [6.07, 6.45) is -0.0707. The molecule has 14 heavy (non-hydrogen) atoms. The zero-order chi connectivity index (χ0) is 11.0. The first-order valence-electron chi connectivity index (χ1n) is 5.22. The van der Waals surface area contributed by atoms with Gasteiger partial charge in [-0.2, -0.15) is 0 Å². The van der Waals surface area contributed by atoms with Gasteiger partial charge >= 0.3 is 0 Å². The molecular weight excluding hydrogens is 180 g/mol. The van der Waals surface area contributed by atoms with Crippen molar-refractivity contribution in [1.82, 2.24) is 0 Å². The van der Waals surface area contributed by atoms with Crippen LogP contribution >= 0.6 is 0 Å². The average molecular weight is 202 g/mol. The zero-order valence-electron chi connectivity index (χ0n) is 10.1. The Hall–Kier alpha value is -0.120. The molecule has 1 saturated heterocycles. The smallest absolute Gasteiger partial charge is 0.181 e. The Kier molecular flexibility index (Phi) is 3.24. The van der Waals surface area contributed by atoms with E-state index in [-0.39, 0.29) is 23.6 Å². The number of ether oxygens (including phenoxy) is 3. The average Bonchev–Trinajstić information content (AvgIpc) is 1.96. The molecule has 3 heteroatoms. The normalized spacial score (nSPS) is 30.6. The molecule has 1 atom stereocenters. The van der Waals surface area contributed by atoms with E-state index in [0.29, 0.717) is 6.61 Å². The molecule has 0 bridgehead atoms. The number of hydrogen-bond acceptors (Lipinski definition) is 3. The fourth-order valence-electron chi connectivity index (χ4n) is 1.33. The fourth-order valence-corrected chi connectivity index (χ4v) is 1.33. The molecule has 0 aromatic heterocycles. The Labute approximate surface area is 86.7 Å². The van der Waals surface area contributed by atoms with Crippen molar-refractivity contribution in [3.63, 3.8) is 0 Å². The summed E-state index contributed by atoms with van der Waals surface area (Å²) < 4.78 is 17.2. The Morgan fingerprint density at radius 2 is 1.71 bits per heavy atom. The molecule has 1 unspecified atom stereocenters. The molecule has 1 rings (SSSR count). The maximum absolute atomic E-state index is 5.85. The van der Waals surface area contributed by atoms with Crippen molar-refractivity contribution in [2.24, 2.45) is 0 Å². The Balaban J connectivity index is 2.59. The van der Waals surface area contributed by atoms with Gasteiger partial charge < -0.3 is 14.2 Å². The fraction of sp³-hybridized carbons (Fsp3) is 1.00. The van der Waals surface area contributed by atoms with E-state index in [9.17, 15) is 0 Å². The van der Waals surface area contributed by atoms with Crippen LogP contribution in [0.1, 0.15) is 41.5 Å². The molecule has 0 aromatic carbocycles. The SMILES string of the molecule is CC(C)OC1COC(C)(C)C(C)(C)O1. The highest BCUT2D eigenvalue weighted by molar-refractivity contribution is 4.92. The Morgan fingerprint density at radius 1 is 1.14 bits per heavy atom. The van der Waals surface area contributed by atoms with Gasteiger partial charge in [0.05, 0.1) is 23.9 Å². The van der Waals surface area contributed by atoms with E-state index >= 15 is 0 Å². The molecule has 1 heterocycles. The van der Waals surface area contributed by atoms with Gasteiger partial charge in [0.15, 0.2) is 6.29 Å². The summed E-state index contributed by atoms with van der Waals surface area (Å²) in [5.41, 5.74) is -0.575. The minimum Gasteiger partial charge on any atom is -0.367 e. The van der Waals surface area contributed by atoms with Crippen LogP contribution in [0.25, 0.3) is 0 Å². The molecule has 0 saturated carbocycles. The molecule has 0 spiro atoms. The molecule has 0 radical (unpaired) electrons. The van der Waals surface area contributed by atoms with Gasteiger partial charge in [0, 0.05) is 0 Å². The third-order valence-electron chi connectivity index (χ3n) is 2.88. The molecule has 0 amide bonds. The van der Waals surface area contributed by atoms with E-state index in [4.69, 9.17) is 14.2 Å². The van der Waals surface area contributed by atoms with E-state index in [2.05, 4.69) is 0 Å². The van der Waals surface area contributed by atoms with Crippen molar-refractivity contribution >= 4 is 0 Å². The first-order chi connectivity index (χ1) is 6.24. The maximum Gasteiger partial charge on any atom is 0.181 e. The van der Waals surface area contributed by atoms with Crippen LogP contribution in [0.2, 0.25) is 0 Å². The van der Waals surface area contributed by atoms with Crippen LogP contribution in [0.4, 0.5) is 0 Å². The van der Waals surface area contributed by atoms with Crippen molar-refractivity contribution < 1.29 is 14.2 Å². The van der Waals surface area contributed by atoms with Gasteiger partial charge in [-0.3, -0.25) is 0 Å². The molecule has 1 aliphatic rings. The summed E-state index contributed by atoms with van der Waals surface area (Å²) in [6, 6.07) is 0. The molecule has 0 aliphatic carbocycles. The number of hydrogen-bond donors (Lipinski definition) is 0. The number of rotatable bonds is 2. The van der Waals surface area contributed by atoms with Crippen LogP contribution in [0.5, 0.6) is 0 Å². The van der Waals surface area contributed by atoms with Crippen molar-refractivity contribution in [1.29, 1.82) is 0 Å². The first kappa shape index (κ1) is 12.0. The third-order valence-corrected chi connectivity index (χ3v) is 2.88. The lowest BCUT2D eigenvalue weighted by Crippen LogP contribution is -2.57. The van der Waals surface area contributed by atoms with Crippen molar-refractivity contribution in [3.05, 3.63) is 0 Å². The minimum absolute atomic E-state index is 0.167. The van der Waals surface area contributed by atoms with Crippen molar-refractivity contribution in [2.75, 3.05) is 6.61 Å². The second kappa shape index (κ2) is 3.80. The molecular formula is C11H22O3. The molecule has 1 aliphatic heterocycles. The van der Waals surface area contributed by atoms with Gasteiger partial charge in [0.2, 0.25) is 0 Å². The summed E-state index contributed by atoms with van der Waals surface area (Å²) in [5.74, 6) is 0. The van der Waals surface area contributed by atoms with Crippen molar-refractivity contribution in [3.8, 4) is 0 Å². The van der Waals surface area contributed by atoms with E-state index in [0.717, 1.165) is 0 Å². The maximum atomic E-state index is 5.85. The van der Waals surface area contributed by atoms with Crippen LogP contribution in [0, 0.1) is 0 Å². The molecule has 0 aromatic rings. The zero-order valence-corrected chi connectivity index (χ0v) is 10.1.